The number of hydrazine groups is 1. The van der Waals surface area contributed by atoms with Gasteiger partial charge in [-0.1, -0.05) is 0 Å². The summed E-state index contributed by atoms with van der Waals surface area (Å²) in [5.74, 6) is 5.14. The monoisotopic (exact) mass is 114 g/mol. The molecule has 0 bridgehead atoms. The summed E-state index contributed by atoms with van der Waals surface area (Å²) in [7, 11) is 0. The largest absolute Gasteiger partial charge is 0.375 e. The minimum atomic E-state index is 0.306. The molecule has 1 atom stereocenters. The lowest BCUT2D eigenvalue weighted by atomic mass is 10.3. The van der Waals surface area contributed by atoms with Crippen LogP contribution in [-0.4, -0.2) is 25.5 Å². The van der Waals surface area contributed by atoms with Crippen molar-refractivity contribution in [2.75, 3.05) is 13.1 Å². The van der Waals surface area contributed by atoms with E-state index < -0.39 is 0 Å². The fourth-order valence-electron chi connectivity index (χ4n) is 0.616. The van der Waals surface area contributed by atoms with Crippen LogP contribution < -0.4 is 16.6 Å². The Kier molecular flexibility index (Phi) is 1.82. The van der Waals surface area contributed by atoms with E-state index in [1.165, 1.54) is 0 Å². The maximum atomic E-state index is 5.14. The molecule has 0 radical (unpaired) electrons. The van der Waals surface area contributed by atoms with Crippen LogP contribution in [0.25, 0.3) is 0 Å². The van der Waals surface area contributed by atoms with E-state index in [1.54, 1.807) is 6.34 Å². The first-order chi connectivity index (χ1) is 3.93. The first kappa shape index (κ1) is 5.53. The molecule has 8 heavy (non-hydrogen) atoms. The molecule has 4 nitrogen and oxygen atoms in total. The van der Waals surface area contributed by atoms with E-state index in [1.807, 2.05) is 0 Å². The van der Waals surface area contributed by atoms with Gasteiger partial charge in [0, 0.05) is 6.54 Å². The number of nitrogens with two attached hydrogens (primary N) is 1. The van der Waals surface area contributed by atoms with E-state index in [2.05, 4.69) is 15.7 Å². The van der Waals surface area contributed by atoms with Crippen LogP contribution in [0.1, 0.15) is 0 Å². The van der Waals surface area contributed by atoms with Crippen LogP contribution in [0.15, 0.2) is 4.99 Å². The number of hydrogen-bond donors (Lipinski definition) is 3. The molecule has 0 saturated carbocycles. The highest BCUT2D eigenvalue weighted by atomic mass is 15.3. The molecule has 46 valence electrons. The third-order valence-corrected chi connectivity index (χ3v) is 1.11. The van der Waals surface area contributed by atoms with Gasteiger partial charge in [-0.25, -0.2) is 0 Å². The molecule has 1 aliphatic rings. The van der Waals surface area contributed by atoms with E-state index in [4.69, 9.17) is 5.84 Å². The SMILES string of the molecule is NNC1CN=CNC1. The lowest BCUT2D eigenvalue weighted by Gasteiger charge is -2.16. The predicted octanol–water partition coefficient (Wildman–Crippen LogP) is -1.55. The molecular formula is C4H10N4. The van der Waals surface area contributed by atoms with Crippen LogP contribution in [0.5, 0.6) is 0 Å². The number of aliphatic imine (C=N–C) groups is 1. The van der Waals surface area contributed by atoms with Crippen molar-refractivity contribution >= 4 is 6.34 Å². The van der Waals surface area contributed by atoms with Crippen LogP contribution in [0.4, 0.5) is 0 Å². The highest BCUT2D eigenvalue weighted by Gasteiger charge is 2.05. The molecule has 0 aromatic carbocycles. The molecule has 0 aromatic rings. The molecule has 1 rings (SSSR count). The standard InChI is InChI=1S/C4H10N4/c5-8-4-1-6-3-7-2-4/h3-4,8H,1-2,5H2,(H,6,7). The molecule has 0 spiro atoms. The lowest BCUT2D eigenvalue weighted by Crippen LogP contribution is -2.46. The average molecular weight is 114 g/mol. The molecule has 0 aliphatic carbocycles. The summed E-state index contributed by atoms with van der Waals surface area (Å²) in [5, 5.41) is 2.95. The summed E-state index contributed by atoms with van der Waals surface area (Å²) in [6, 6.07) is 0.306. The zero-order valence-corrected chi connectivity index (χ0v) is 4.59. The summed E-state index contributed by atoms with van der Waals surface area (Å²) < 4.78 is 0. The third-order valence-electron chi connectivity index (χ3n) is 1.11. The van der Waals surface area contributed by atoms with Gasteiger partial charge in [-0.05, 0) is 0 Å². The maximum absolute atomic E-state index is 5.14. The summed E-state index contributed by atoms with van der Waals surface area (Å²) in [6.07, 6.45) is 1.70. The molecule has 0 aromatic heterocycles. The fourth-order valence-corrected chi connectivity index (χ4v) is 0.616. The zero-order chi connectivity index (χ0) is 5.82. The lowest BCUT2D eigenvalue weighted by molar-refractivity contribution is 0.515. The van der Waals surface area contributed by atoms with Crippen LogP contribution in [0.3, 0.4) is 0 Å². The summed E-state index contributed by atoms with van der Waals surface area (Å²) in [5.41, 5.74) is 2.63. The van der Waals surface area contributed by atoms with E-state index in [9.17, 15) is 0 Å². The molecule has 0 amide bonds. The first-order valence-electron chi connectivity index (χ1n) is 2.61. The van der Waals surface area contributed by atoms with Crippen molar-refractivity contribution in [3.63, 3.8) is 0 Å². The van der Waals surface area contributed by atoms with Gasteiger partial charge in [-0.2, -0.15) is 0 Å². The highest BCUT2D eigenvalue weighted by Crippen LogP contribution is 1.83. The zero-order valence-electron chi connectivity index (χ0n) is 4.59. The topological polar surface area (TPSA) is 62.4 Å². The van der Waals surface area contributed by atoms with Gasteiger partial charge in [0.1, 0.15) is 0 Å². The minimum absolute atomic E-state index is 0.306. The van der Waals surface area contributed by atoms with Crippen LogP contribution in [-0.2, 0) is 0 Å². The molecular weight excluding hydrogens is 104 g/mol. The quantitative estimate of drug-likeness (QED) is 0.286. The van der Waals surface area contributed by atoms with Gasteiger partial charge in [0.15, 0.2) is 0 Å². The Bertz CT molecular complexity index is 90.0. The van der Waals surface area contributed by atoms with Gasteiger partial charge in [0.25, 0.3) is 0 Å². The molecule has 0 saturated heterocycles. The number of rotatable bonds is 1. The Morgan fingerprint density at radius 1 is 1.88 bits per heavy atom. The summed E-state index contributed by atoms with van der Waals surface area (Å²) in [4.78, 5) is 3.95. The molecule has 1 heterocycles. The van der Waals surface area contributed by atoms with Crippen molar-refractivity contribution in [2.45, 2.75) is 6.04 Å². The smallest absolute Gasteiger partial charge is 0.0825 e. The Labute approximate surface area is 48.1 Å². The van der Waals surface area contributed by atoms with E-state index >= 15 is 0 Å². The highest BCUT2D eigenvalue weighted by molar-refractivity contribution is 5.55. The van der Waals surface area contributed by atoms with Gasteiger partial charge >= 0.3 is 0 Å². The third kappa shape index (κ3) is 1.18. The molecule has 1 aliphatic heterocycles. The van der Waals surface area contributed by atoms with Crippen molar-refractivity contribution in [2.24, 2.45) is 10.8 Å². The number of nitrogens with zero attached hydrogens (tertiary/aromatic N) is 1. The van der Waals surface area contributed by atoms with Gasteiger partial charge in [0.05, 0.1) is 18.9 Å². The predicted molar refractivity (Wildman–Crippen MR) is 32.5 cm³/mol. The number of nitrogens with one attached hydrogen (secondary N) is 2. The molecule has 4 heteroatoms. The second-order valence-corrected chi connectivity index (χ2v) is 1.77. The molecule has 4 N–H and O–H groups in total. The Morgan fingerprint density at radius 2 is 2.75 bits per heavy atom. The van der Waals surface area contributed by atoms with Crippen molar-refractivity contribution in [3.05, 3.63) is 0 Å². The van der Waals surface area contributed by atoms with Gasteiger partial charge in [-0.3, -0.25) is 16.3 Å². The fraction of sp³-hybridized carbons (Fsp3) is 0.750. The Balaban J connectivity index is 2.27. The summed E-state index contributed by atoms with van der Waals surface area (Å²) in [6.45, 7) is 1.66. The first-order valence-corrected chi connectivity index (χ1v) is 2.61. The van der Waals surface area contributed by atoms with Crippen LogP contribution in [0, 0.1) is 0 Å². The second-order valence-electron chi connectivity index (χ2n) is 1.77. The molecule has 0 fully saturated rings. The Hall–Kier alpha value is -0.610. The average Bonchev–Trinajstić information content (AvgIpc) is 1.90. The van der Waals surface area contributed by atoms with Crippen molar-refractivity contribution < 1.29 is 0 Å². The molecule has 1 unspecified atom stereocenters. The van der Waals surface area contributed by atoms with Gasteiger partial charge in [-0.15, -0.1) is 0 Å². The van der Waals surface area contributed by atoms with Crippen LogP contribution >= 0.6 is 0 Å². The summed E-state index contributed by atoms with van der Waals surface area (Å²) >= 11 is 0. The van der Waals surface area contributed by atoms with Gasteiger partial charge in [0.2, 0.25) is 0 Å². The van der Waals surface area contributed by atoms with Gasteiger partial charge < -0.3 is 5.32 Å². The van der Waals surface area contributed by atoms with E-state index in [0.717, 1.165) is 13.1 Å². The van der Waals surface area contributed by atoms with Crippen molar-refractivity contribution in [1.82, 2.24) is 10.7 Å². The number of hydrogen-bond acceptors (Lipinski definition) is 4. The van der Waals surface area contributed by atoms with Crippen molar-refractivity contribution in [3.8, 4) is 0 Å². The normalized spacial score (nSPS) is 27.4. The second kappa shape index (κ2) is 2.64. The van der Waals surface area contributed by atoms with Crippen LogP contribution in [0.2, 0.25) is 0 Å². The van der Waals surface area contributed by atoms with Crippen molar-refractivity contribution in [1.29, 1.82) is 0 Å². The maximum Gasteiger partial charge on any atom is 0.0825 e. The van der Waals surface area contributed by atoms with E-state index in [0.29, 0.717) is 6.04 Å². The van der Waals surface area contributed by atoms with E-state index in [-0.39, 0.29) is 0 Å². The Morgan fingerprint density at radius 3 is 3.12 bits per heavy atom. The minimum Gasteiger partial charge on any atom is -0.375 e.